The van der Waals surface area contributed by atoms with Crippen LogP contribution >= 0.6 is 0 Å². The van der Waals surface area contributed by atoms with E-state index in [1.165, 1.54) is 24.3 Å². The highest BCUT2D eigenvalue weighted by Gasteiger charge is 2.25. The average Bonchev–Trinajstić information content (AvgIpc) is 3.84. The smallest absolute Gasteiger partial charge is 0.160 e. The maximum absolute atomic E-state index is 10.5. The Morgan fingerprint density at radius 2 is 0.675 bits per heavy atom. The van der Waals surface area contributed by atoms with Gasteiger partial charge >= 0.3 is 0 Å². The van der Waals surface area contributed by atoms with Crippen molar-refractivity contribution in [2.75, 3.05) is 0 Å². The van der Waals surface area contributed by atoms with Gasteiger partial charge in [0.05, 0.1) is 121 Å². The molecule has 0 bridgehead atoms. The van der Waals surface area contributed by atoms with Gasteiger partial charge in [0.2, 0.25) is 0 Å². The van der Waals surface area contributed by atoms with E-state index in [1.54, 1.807) is 24.3 Å². The first-order chi connectivity index (χ1) is 37.8. The fourth-order valence-corrected chi connectivity index (χ4v) is 9.94. The fourth-order valence-electron chi connectivity index (χ4n) is 9.94. The van der Waals surface area contributed by atoms with Crippen LogP contribution in [0.1, 0.15) is 44.5 Å². The summed E-state index contributed by atoms with van der Waals surface area (Å²) < 4.78 is 2.12. The third-order valence-electron chi connectivity index (χ3n) is 13.5. The Morgan fingerprint density at radius 3 is 1.06 bits per heavy atom. The standard InChI is InChI=1S/C66H31N11/c67-32-40-11-15-44(16-12-40)55-29-50(60-31-59(46-7-3-1-4-8-46)75-66(76-60)47-9-5-2-6-10-47)30-56(45-17-13-41(33-68)14-18-45)65(55)77-61-21-19-48(63-51(36-71)23-42(34-69)24-52(63)37-72)27-57(61)58-28-49(20-22-62(58)77)64-53(38-73)25-43(35-70)26-54(64)39-74/h1-31H. The molecule has 0 saturated carbocycles. The van der Waals surface area contributed by atoms with Crippen LogP contribution in [0.3, 0.4) is 0 Å². The van der Waals surface area contributed by atoms with Crippen LogP contribution in [0, 0.1) is 90.6 Å². The zero-order valence-corrected chi connectivity index (χ0v) is 40.3. The maximum atomic E-state index is 10.5. The van der Waals surface area contributed by atoms with Gasteiger partial charge in [-0.2, -0.15) is 42.1 Å². The molecule has 0 aliphatic rings. The number of hydrogen-bond donors (Lipinski definition) is 0. The lowest BCUT2D eigenvalue weighted by Gasteiger charge is -2.21. The molecule has 2 aromatic heterocycles. The van der Waals surface area contributed by atoms with Crippen molar-refractivity contribution in [3.8, 4) is 133 Å². The van der Waals surface area contributed by atoms with E-state index in [0.717, 1.165) is 38.9 Å². The van der Waals surface area contributed by atoms with Crippen LogP contribution in [0.5, 0.6) is 0 Å². The van der Waals surface area contributed by atoms with E-state index in [0.29, 0.717) is 78.1 Å². The Balaban J connectivity index is 1.29. The molecular formula is C66H31N11. The lowest BCUT2D eigenvalue weighted by Crippen LogP contribution is -2.03. The van der Waals surface area contributed by atoms with Crippen LogP contribution in [0.25, 0.3) is 106 Å². The highest BCUT2D eigenvalue weighted by Crippen LogP contribution is 2.46. The summed E-state index contributed by atoms with van der Waals surface area (Å²) in [6.07, 6.45) is 0. The van der Waals surface area contributed by atoms with E-state index >= 15 is 0 Å². The number of rotatable bonds is 8. The van der Waals surface area contributed by atoms with Gasteiger partial charge in [-0.15, -0.1) is 0 Å². The Hall–Kier alpha value is -12.2. The fraction of sp³-hybridized carbons (Fsp3) is 0. The van der Waals surface area contributed by atoms with E-state index in [-0.39, 0.29) is 33.4 Å². The molecule has 0 spiro atoms. The first-order valence-corrected chi connectivity index (χ1v) is 23.8. The van der Waals surface area contributed by atoms with Crippen LogP contribution in [-0.4, -0.2) is 14.5 Å². The second kappa shape index (κ2) is 19.8. The molecule has 11 aromatic rings. The Labute approximate surface area is 441 Å². The molecule has 11 nitrogen and oxygen atoms in total. The van der Waals surface area contributed by atoms with Gasteiger partial charge in [-0.1, -0.05) is 97.1 Å². The summed E-state index contributed by atoms with van der Waals surface area (Å²) in [7, 11) is 0. The molecule has 0 radical (unpaired) electrons. The number of aromatic nitrogens is 3. The van der Waals surface area contributed by atoms with Crippen molar-refractivity contribution >= 4 is 21.8 Å². The van der Waals surface area contributed by atoms with Gasteiger partial charge in [0.25, 0.3) is 0 Å². The third-order valence-corrected chi connectivity index (χ3v) is 13.5. The second-order valence-electron chi connectivity index (χ2n) is 17.9. The third kappa shape index (κ3) is 8.45. The van der Waals surface area contributed by atoms with Gasteiger partial charge in [-0.3, -0.25) is 0 Å². The zero-order chi connectivity index (χ0) is 53.2. The molecule has 0 fully saturated rings. The van der Waals surface area contributed by atoms with Gasteiger partial charge in [-0.25, -0.2) is 9.97 Å². The van der Waals surface area contributed by atoms with Crippen molar-refractivity contribution in [2.24, 2.45) is 0 Å². The van der Waals surface area contributed by atoms with Crippen molar-refractivity contribution in [3.05, 3.63) is 233 Å². The minimum atomic E-state index is 0.136. The topological polar surface area (TPSA) is 221 Å². The van der Waals surface area contributed by atoms with Crippen LogP contribution < -0.4 is 0 Å². The van der Waals surface area contributed by atoms with E-state index < -0.39 is 0 Å². The van der Waals surface area contributed by atoms with Crippen molar-refractivity contribution in [1.29, 1.82) is 42.1 Å². The molecule has 77 heavy (non-hydrogen) atoms. The van der Waals surface area contributed by atoms with E-state index in [4.69, 9.17) is 9.97 Å². The summed E-state index contributed by atoms with van der Waals surface area (Å²) in [6.45, 7) is 0. The van der Waals surface area contributed by atoms with Gasteiger partial charge in [-0.05, 0) is 113 Å². The summed E-state index contributed by atoms with van der Waals surface area (Å²) in [5.41, 5.74) is 12.3. The molecule has 0 unspecified atom stereocenters. The maximum Gasteiger partial charge on any atom is 0.160 e. The molecule has 11 rings (SSSR count). The van der Waals surface area contributed by atoms with Crippen LogP contribution in [0.15, 0.2) is 188 Å². The molecule has 11 heteroatoms. The number of hydrogen-bond acceptors (Lipinski definition) is 10. The molecule has 0 atom stereocenters. The summed E-state index contributed by atoms with van der Waals surface area (Å²) in [6, 6.07) is 74.9. The predicted octanol–water partition coefficient (Wildman–Crippen LogP) is 14.2. The van der Waals surface area contributed by atoms with Gasteiger partial charge in [0, 0.05) is 49.7 Å². The highest BCUT2D eigenvalue weighted by atomic mass is 15.0. The second-order valence-corrected chi connectivity index (χ2v) is 17.9. The Bertz CT molecular complexity index is 4270. The Morgan fingerprint density at radius 1 is 0.299 bits per heavy atom. The summed E-state index contributed by atoms with van der Waals surface area (Å²) >= 11 is 0. The lowest BCUT2D eigenvalue weighted by molar-refractivity contribution is 1.17. The zero-order valence-electron chi connectivity index (χ0n) is 40.3. The number of nitriles is 8. The van der Waals surface area contributed by atoms with E-state index in [9.17, 15) is 42.1 Å². The monoisotopic (exact) mass is 977 g/mol. The highest BCUT2D eigenvalue weighted by molar-refractivity contribution is 6.13. The summed E-state index contributed by atoms with van der Waals surface area (Å²) in [5.74, 6) is 0.516. The average molecular weight is 978 g/mol. The molecular weight excluding hydrogens is 947 g/mol. The molecule has 0 amide bonds. The lowest BCUT2D eigenvalue weighted by atomic mass is 9.90. The van der Waals surface area contributed by atoms with Crippen molar-refractivity contribution < 1.29 is 0 Å². The van der Waals surface area contributed by atoms with Crippen molar-refractivity contribution in [3.63, 3.8) is 0 Å². The van der Waals surface area contributed by atoms with E-state index in [2.05, 4.69) is 65.3 Å². The van der Waals surface area contributed by atoms with Crippen LogP contribution in [-0.2, 0) is 0 Å². The van der Waals surface area contributed by atoms with E-state index in [1.807, 2.05) is 127 Å². The quantitative estimate of drug-likeness (QED) is 0.140. The number of nitrogens with zero attached hydrogens (tertiary/aromatic N) is 11. The molecule has 0 aliphatic carbocycles. The number of benzene rings is 9. The minimum absolute atomic E-state index is 0.136. The molecule has 0 N–H and O–H groups in total. The van der Waals surface area contributed by atoms with Crippen molar-refractivity contribution in [1.82, 2.24) is 14.5 Å². The largest absolute Gasteiger partial charge is 0.308 e. The Kier molecular flexibility index (Phi) is 12.1. The predicted molar refractivity (Wildman–Crippen MR) is 292 cm³/mol. The molecule has 350 valence electrons. The van der Waals surface area contributed by atoms with Gasteiger partial charge in [0.1, 0.15) is 0 Å². The SMILES string of the molecule is N#Cc1ccc(-c2cc(-c3cc(-c4ccccc4)nc(-c4ccccc4)n3)cc(-c3ccc(C#N)cc3)c2-n2c3ccc(-c4c(C#N)cc(C#N)cc4C#N)cc3c3cc(-c4c(C#N)cc(C#N)cc4C#N)ccc32)cc1. The molecule has 2 heterocycles. The molecule has 9 aromatic carbocycles. The van der Waals surface area contributed by atoms with Crippen LogP contribution in [0.4, 0.5) is 0 Å². The normalized spacial score (nSPS) is 10.5. The van der Waals surface area contributed by atoms with Crippen molar-refractivity contribution in [2.45, 2.75) is 0 Å². The summed E-state index contributed by atoms with van der Waals surface area (Å²) in [4.78, 5) is 10.3. The molecule has 0 aliphatic heterocycles. The molecule has 0 saturated heterocycles. The van der Waals surface area contributed by atoms with Gasteiger partial charge < -0.3 is 4.57 Å². The first-order valence-electron chi connectivity index (χ1n) is 23.8. The number of fused-ring (bicyclic) bond motifs is 3. The van der Waals surface area contributed by atoms with Crippen LogP contribution in [0.2, 0.25) is 0 Å². The van der Waals surface area contributed by atoms with Gasteiger partial charge in [0.15, 0.2) is 5.82 Å². The minimum Gasteiger partial charge on any atom is -0.308 e. The first kappa shape index (κ1) is 47.1. The summed E-state index contributed by atoms with van der Waals surface area (Å²) in [5, 5.41) is 82.9.